The number of Topliss-reactive ketones (excluding diaryl/α,β-unsaturated/α-hetero) is 1. The lowest BCUT2D eigenvalue weighted by Gasteiger charge is -2.06. The van der Waals surface area contributed by atoms with Crippen molar-refractivity contribution in [3.8, 4) is 0 Å². The maximum Gasteiger partial charge on any atom is 0.197 e. The van der Waals surface area contributed by atoms with Gasteiger partial charge in [0.25, 0.3) is 0 Å². The quantitative estimate of drug-likeness (QED) is 0.611. The van der Waals surface area contributed by atoms with Gasteiger partial charge in [-0.3, -0.25) is 4.79 Å². The van der Waals surface area contributed by atoms with E-state index in [4.69, 9.17) is 34.8 Å². The Morgan fingerprint density at radius 2 is 1.89 bits per heavy atom. The molecule has 0 saturated carbocycles. The standard InChI is InChI=1S/C5H7Cl3O/c1-2-4(9)3-5(6,7)8/h2-3H2,1H3. The van der Waals surface area contributed by atoms with Gasteiger partial charge in [-0.15, -0.1) is 0 Å². The smallest absolute Gasteiger partial charge is 0.197 e. The van der Waals surface area contributed by atoms with Gasteiger partial charge >= 0.3 is 0 Å². The summed E-state index contributed by atoms with van der Waals surface area (Å²) in [5.41, 5.74) is 0. The Morgan fingerprint density at radius 3 is 2.00 bits per heavy atom. The third-order valence-electron chi connectivity index (χ3n) is 0.792. The first-order valence-electron chi connectivity index (χ1n) is 2.54. The molecule has 0 bridgehead atoms. The Hall–Kier alpha value is 0.540. The molecule has 0 fully saturated rings. The fourth-order valence-electron chi connectivity index (χ4n) is 0.349. The number of carbonyl (C=O) groups is 1. The van der Waals surface area contributed by atoms with Crippen LogP contribution in [-0.4, -0.2) is 9.58 Å². The van der Waals surface area contributed by atoms with E-state index in [1.807, 2.05) is 0 Å². The highest BCUT2D eigenvalue weighted by atomic mass is 35.6. The predicted molar refractivity (Wildman–Crippen MR) is 40.2 cm³/mol. The summed E-state index contributed by atoms with van der Waals surface area (Å²) in [6, 6.07) is 0. The van der Waals surface area contributed by atoms with Crippen molar-refractivity contribution in [3.63, 3.8) is 0 Å². The number of carbonyl (C=O) groups excluding carboxylic acids is 1. The molecule has 0 atom stereocenters. The Morgan fingerprint density at radius 1 is 1.44 bits per heavy atom. The summed E-state index contributed by atoms with van der Waals surface area (Å²) in [4.78, 5) is 10.6. The minimum atomic E-state index is -1.41. The van der Waals surface area contributed by atoms with Gasteiger partial charge in [-0.25, -0.2) is 0 Å². The van der Waals surface area contributed by atoms with Crippen LogP contribution in [0.1, 0.15) is 19.8 Å². The van der Waals surface area contributed by atoms with Gasteiger partial charge in [-0.05, 0) is 0 Å². The van der Waals surface area contributed by atoms with E-state index in [9.17, 15) is 4.79 Å². The highest BCUT2D eigenvalue weighted by Gasteiger charge is 2.22. The fourth-order valence-corrected chi connectivity index (χ4v) is 0.796. The summed E-state index contributed by atoms with van der Waals surface area (Å²) < 4.78 is -1.41. The molecule has 4 heteroatoms. The van der Waals surface area contributed by atoms with Crippen molar-refractivity contribution in [1.82, 2.24) is 0 Å². The van der Waals surface area contributed by atoms with E-state index < -0.39 is 3.79 Å². The number of rotatable bonds is 2. The van der Waals surface area contributed by atoms with Gasteiger partial charge in [0.1, 0.15) is 5.78 Å². The Balaban J connectivity index is 3.60. The summed E-state index contributed by atoms with van der Waals surface area (Å²) in [6.07, 6.45) is 0.433. The van der Waals surface area contributed by atoms with Gasteiger partial charge in [0, 0.05) is 6.42 Å². The third-order valence-corrected chi connectivity index (χ3v) is 1.19. The van der Waals surface area contributed by atoms with Crippen molar-refractivity contribution in [1.29, 1.82) is 0 Å². The molecule has 0 amide bonds. The van der Waals surface area contributed by atoms with Crippen LogP contribution in [0, 0.1) is 0 Å². The van der Waals surface area contributed by atoms with Crippen molar-refractivity contribution < 1.29 is 4.79 Å². The van der Waals surface area contributed by atoms with Crippen molar-refractivity contribution in [3.05, 3.63) is 0 Å². The lowest BCUT2D eigenvalue weighted by Crippen LogP contribution is -2.09. The van der Waals surface area contributed by atoms with Crippen LogP contribution in [0.5, 0.6) is 0 Å². The lowest BCUT2D eigenvalue weighted by atomic mass is 10.2. The zero-order valence-electron chi connectivity index (χ0n) is 4.96. The Kier molecular flexibility index (Phi) is 3.86. The number of alkyl halides is 3. The summed E-state index contributed by atoms with van der Waals surface area (Å²) in [5, 5.41) is 0. The molecule has 0 spiro atoms. The molecule has 9 heavy (non-hydrogen) atoms. The molecule has 0 unspecified atom stereocenters. The van der Waals surface area contributed by atoms with Gasteiger partial charge in [0.05, 0.1) is 6.42 Å². The molecule has 0 aliphatic heterocycles. The molecule has 54 valence electrons. The number of hydrogen-bond donors (Lipinski definition) is 0. The van der Waals surface area contributed by atoms with Crippen LogP contribution in [0.4, 0.5) is 0 Å². The average Bonchev–Trinajstić information content (AvgIpc) is 1.62. The van der Waals surface area contributed by atoms with Crippen LogP contribution in [-0.2, 0) is 4.79 Å². The fraction of sp³-hybridized carbons (Fsp3) is 0.800. The van der Waals surface area contributed by atoms with Gasteiger partial charge in [0.15, 0.2) is 3.79 Å². The van der Waals surface area contributed by atoms with E-state index in [2.05, 4.69) is 0 Å². The number of halogens is 3. The van der Waals surface area contributed by atoms with Gasteiger partial charge in [0.2, 0.25) is 0 Å². The Labute approximate surface area is 69.3 Å². The molecule has 0 aliphatic rings. The van der Waals surface area contributed by atoms with Crippen LogP contribution in [0.2, 0.25) is 0 Å². The van der Waals surface area contributed by atoms with Crippen LogP contribution < -0.4 is 0 Å². The number of ketones is 1. The molecule has 0 rings (SSSR count). The largest absolute Gasteiger partial charge is 0.300 e. The molecular formula is C5H7Cl3O. The van der Waals surface area contributed by atoms with Crippen LogP contribution in [0.3, 0.4) is 0 Å². The molecule has 0 heterocycles. The minimum absolute atomic E-state index is 0.00810. The zero-order valence-corrected chi connectivity index (χ0v) is 7.22. The first-order chi connectivity index (χ1) is 3.95. The van der Waals surface area contributed by atoms with Crippen molar-refractivity contribution in [2.24, 2.45) is 0 Å². The molecule has 1 nitrogen and oxygen atoms in total. The van der Waals surface area contributed by atoms with E-state index in [1.54, 1.807) is 6.92 Å². The first kappa shape index (κ1) is 9.54. The van der Waals surface area contributed by atoms with Crippen LogP contribution >= 0.6 is 34.8 Å². The summed E-state index contributed by atoms with van der Waals surface area (Å²) >= 11 is 16.0. The predicted octanol–water partition coefficient (Wildman–Crippen LogP) is 2.73. The van der Waals surface area contributed by atoms with E-state index in [-0.39, 0.29) is 12.2 Å². The first-order valence-corrected chi connectivity index (χ1v) is 3.67. The van der Waals surface area contributed by atoms with Crippen molar-refractivity contribution in [2.75, 3.05) is 0 Å². The van der Waals surface area contributed by atoms with Gasteiger partial charge in [-0.1, -0.05) is 41.7 Å². The van der Waals surface area contributed by atoms with E-state index in [0.29, 0.717) is 6.42 Å². The van der Waals surface area contributed by atoms with E-state index >= 15 is 0 Å². The molecule has 0 aromatic heterocycles. The molecule has 0 N–H and O–H groups in total. The normalized spacial score (nSPS) is 11.6. The van der Waals surface area contributed by atoms with Crippen molar-refractivity contribution in [2.45, 2.75) is 23.6 Å². The van der Waals surface area contributed by atoms with Crippen LogP contribution in [0.25, 0.3) is 0 Å². The Bertz CT molecular complexity index is 105. The monoisotopic (exact) mass is 188 g/mol. The van der Waals surface area contributed by atoms with E-state index in [1.165, 1.54) is 0 Å². The van der Waals surface area contributed by atoms with E-state index in [0.717, 1.165) is 0 Å². The minimum Gasteiger partial charge on any atom is -0.300 e. The molecule has 0 radical (unpaired) electrons. The highest BCUT2D eigenvalue weighted by molar-refractivity contribution is 6.68. The maximum atomic E-state index is 10.6. The van der Waals surface area contributed by atoms with Crippen LogP contribution in [0.15, 0.2) is 0 Å². The molecule has 0 aliphatic carbocycles. The second-order valence-corrected chi connectivity index (χ2v) is 4.20. The third kappa shape index (κ3) is 6.42. The summed E-state index contributed by atoms with van der Waals surface area (Å²) in [6.45, 7) is 1.73. The molecular weight excluding hydrogens is 182 g/mol. The highest BCUT2D eigenvalue weighted by Crippen LogP contribution is 2.30. The van der Waals surface area contributed by atoms with Gasteiger partial charge < -0.3 is 0 Å². The van der Waals surface area contributed by atoms with Gasteiger partial charge in [-0.2, -0.15) is 0 Å². The molecule has 0 aromatic rings. The zero-order chi connectivity index (χ0) is 7.49. The SMILES string of the molecule is CCC(=O)CC(Cl)(Cl)Cl. The second kappa shape index (κ2) is 3.65. The maximum absolute atomic E-state index is 10.6. The summed E-state index contributed by atoms with van der Waals surface area (Å²) in [5.74, 6) is -0.0324. The molecule has 0 saturated heterocycles. The number of hydrogen-bond acceptors (Lipinski definition) is 1. The van der Waals surface area contributed by atoms with Crippen molar-refractivity contribution >= 4 is 40.6 Å². The molecule has 0 aromatic carbocycles. The second-order valence-electron chi connectivity index (χ2n) is 1.68. The lowest BCUT2D eigenvalue weighted by molar-refractivity contribution is -0.118. The topological polar surface area (TPSA) is 17.1 Å². The summed E-state index contributed by atoms with van der Waals surface area (Å²) in [7, 11) is 0. The average molecular weight is 189 g/mol.